The van der Waals surface area contributed by atoms with Gasteiger partial charge >= 0.3 is 0 Å². The average molecular weight is 533 g/mol. The van der Waals surface area contributed by atoms with E-state index in [0.717, 1.165) is 43.3 Å². The van der Waals surface area contributed by atoms with Crippen LogP contribution in [0.15, 0.2) is 23.2 Å². The summed E-state index contributed by atoms with van der Waals surface area (Å²) in [5, 5.41) is 6.93. The molecule has 30 heavy (non-hydrogen) atoms. The van der Waals surface area contributed by atoms with Gasteiger partial charge in [0.1, 0.15) is 5.75 Å². The van der Waals surface area contributed by atoms with E-state index in [1.54, 1.807) is 7.11 Å². The van der Waals surface area contributed by atoms with Crippen LogP contribution in [0.5, 0.6) is 5.75 Å². The van der Waals surface area contributed by atoms with Gasteiger partial charge in [0.05, 0.1) is 13.2 Å². The molecule has 1 aromatic carbocycles. The number of aliphatic imine (C=N–C) groups is 1. The van der Waals surface area contributed by atoms with E-state index < -0.39 is 0 Å². The standard InChI is InChI=1S/C23H40N4O2.HI/c1-5-24-23(25-16-20-9-7-12-27(6-2)18-20)26-17-21-11-10-19(3)15-22(21)29-14-8-13-28-4;/h10-11,15,20H,5-9,12-14,16-18H2,1-4H3,(H2,24,25,26);1H. The molecule has 2 N–H and O–H groups in total. The van der Waals surface area contributed by atoms with E-state index in [1.807, 2.05) is 0 Å². The van der Waals surface area contributed by atoms with Crippen LogP contribution in [0.25, 0.3) is 0 Å². The molecule has 1 fully saturated rings. The van der Waals surface area contributed by atoms with Crippen molar-refractivity contribution < 1.29 is 9.47 Å². The van der Waals surface area contributed by atoms with Crippen molar-refractivity contribution in [1.29, 1.82) is 0 Å². The van der Waals surface area contributed by atoms with Gasteiger partial charge in [-0.3, -0.25) is 0 Å². The Hall–Kier alpha value is -1.06. The van der Waals surface area contributed by atoms with Crippen molar-refractivity contribution in [1.82, 2.24) is 15.5 Å². The third-order valence-electron chi connectivity index (χ3n) is 5.33. The van der Waals surface area contributed by atoms with E-state index in [-0.39, 0.29) is 24.0 Å². The summed E-state index contributed by atoms with van der Waals surface area (Å²) in [5.74, 6) is 2.49. The van der Waals surface area contributed by atoms with E-state index in [0.29, 0.717) is 25.7 Å². The Morgan fingerprint density at radius 1 is 1.23 bits per heavy atom. The number of likely N-dealkylation sites (tertiary alicyclic amines) is 1. The lowest BCUT2D eigenvalue weighted by Crippen LogP contribution is -2.44. The maximum atomic E-state index is 6.00. The summed E-state index contributed by atoms with van der Waals surface area (Å²) >= 11 is 0. The van der Waals surface area contributed by atoms with Crippen molar-refractivity contribution in [3.63, 3.8) is 0 Å². The largest absolute Gasteiger partial charge is 0.493 e. The Morgan fingerprint density at radius 3 is 2.80 bits per heavy atom. The molecule has 172 valence electrons. The first-order valence-electron chi connectivity index (χ1n) is 11.1. The lowest BCUT2D eigenvalue weighted by Gasteiger charge is -2.32. The van der Waals surface area contributed by atoms with Gasteiger partial charge in [-0.2, -0.15) is 0 Å². The van der Waals surface area contributed by atoms with Crippen molar-refractivity contribution in [3.8, 4) is 5.75 Å². The van der Waals surface area contributed by atoms with E-state index in [9.17, 15) is 0 Å². The molecule has 0 radical (unpaired) electrons. The Morgan fingerprint density at radius 2 is 2.07 bits per heavy atom. The minimum Gasteiger partial charge on any atom is -0.493 e. The Kier molecular flexibility index (Phi) is 14.1. The molecule has 0 amide bonds. The summed E-state index contributed by atoms with van der Waals surface area (Å²) in [7, 11) is 1.72. The highest BCUT2D eigenvalue weighted by molar-refractivity contribution is 14.0. The molecule has 1 unspecified atom stereocenters. The number of methoxy groups -OCH3 is 1. The van der Waals surface area contributed by atoms with Crippen molar-refractivity contribution in [2.45, 2.75) is 46.6 Å². The van der Waals surface area contributed by atoms with Gasteiger partial charge in [0.15, 0.2) is 5.96 Å². The molecule has 6 nitrogen and oxygen atoms in total. The maximum Gasteiger partial charge on any atom is 0.191 e. The van der Waals surface area contributed by atoms with Crippen molar-refractivity contribution in [2.24, 2.45) is 10.9 Å². The number of nitrogens with zero attached hydrogens (tertiary/aromatic N) is 2. The minimum atomic E-state index is 0. The van der Waals surface area contributed by atoms with E-state index >= 15 is 0 Å². The fraction of sp³-hybridized carbons (Fsp3) is 0.696. The molecule has 7 heteroatoms. The first kappa shape index (κ1) is 27.0. The Bertz CT molecular complexity index is 627. The summed E-state index contributed by atoms with van der Waals surface area (Å²) in [6.07, 6.45) is 3.47. The van der Waals surface area contributed by atoms with Crippen LogP contribution in [-0.4, -0.2) is 63.9 Å². The summed E-state index contributed by atoms with van der Waals surface area (Å²) in [5.41, 5.74) is 2.31. The van der Waals surface area contributed by atoms with Gasteiger partial charge in [-0.25, -0.2) is 4.99 Å². The van der Waals surface area contributed by atoms with Gasteiger partial charge in [-0.1, -0.05) is 19.1 Å². The van der Waals surface area contributed by atoms with Gasteiger partial charge in [0.25, 0.3) is 0 Å². The predicted octanol–water partition coefficient (Wildman–Crippen LogP) is 3.82. The Labute approximate surface area is 200 Å². The quantitative estimate of drug-likeness (QED) is 0.197. The first-order valence-corrected chi connectivity index (χ1v) is 11.1. The molecule has 0 spiro atoms. The second-order valence-electron chi connectivity index (χ2n) is 7.78. The van der Waals surface area contributed by atoms with E-state index in [2.05, 4.69) is 54.5 Å². The third kappa shape index (κ3) is 9.83. The van der Waals surface area contributed by atoms with Crippen LogP contribution in [0.2, 0.25) is 0 Å². The number of hydrogen-bond donors (Lipinski definition) is 2. The molecule has 1 aliphatic heterocycles. The molecule has 1 aliphatic rings. The predicted molar refractivity (Wildman–Crippen MR) is 136 cm³/mol. The van der Waals surface area contributed by atoms with Gasteiger partial charge in [0, 0.05) is 45.3 Å². The van der Waals surface area contributed by atoms with E-state index in [1.165, 1.54) is 31.5 Å². The van der Waals surface area contributed by atoms with Crippen LogP contribution in [0.3, 0.4) is 0 Å². The number of aryl methyl sites for hydroxylation is 1. The number of piperidine rings is 1. The van der Waals surface area contributed by atoms with Crippen LogP contribution < -0.4 is 15.4 Å². The molecule has 0 saturated carbocycles. The zero-order valence-electron chi connectivity index (χ0n) is 19.2. The topological polar surface area (TPSA) is 58.1 Å². The molecule has 0 bridgehead atoms. The summed E-state index contributed by atoms with van der Waals surface area (Å²) in [6, 6.07) is 6.34. The molecular formula is C23H41IN4O2. The fourth-order valence-corrected chi connectivity index (χ4v) is 3.66. The fourth-order valence-electron chi connectivity index (χ4n) is 3.66. The Balaban J connectivity index is 0.00000450. The molecular weight excluding hydrogens is 491 g/mol. The number of hydrogen-bond acceptors (Lipinski definition) is 4. The molecule has 0 aliphatic carbocycles. The highest BCUT2D eigenvalue weighted by Gasteiger charge is 2.18. The first-order chi connectivity index (χ1) is 14.2. The molecule has 1 heterocycles. The number of halogens is 1. The van der Waals surface area contributed by atoms with Crippen LogP contribution in [0.1, 0.15) is 44.2 Å². The number of ether oxygens (including phenoxy) is 2. The maximum absolute atomic E-state index is 6.00. The summed E-state index contributed by atoms with van der Waals surface area (Å²) < 4.78 is 11.1. The number of nitrogens with one attached hydrogen (secondary N) is 2. The molecule has 2 rings (SSSR count). The van der Waals surface area contributed by atoms with Gasteiger partial charge < -0.3 is 25.0 Å². The summed E-state index contributed by atoms with van der Waals surface area (Å²) in [6.45, 7) is 13.8. The molecule has 0 aromatic heterocycles. The van der Waals surface area contributed by atoms with Gasteiger partial charge in [0.2, 0.25) is 0 Å². The monoisotopic (exact) mass is 532 g/mol. The molecule has 1 aromatic rings. The van der Waals surface area contributed by atoms with Crippen molar-refractivity contribution >= 4 is 29.9 Å². The van der Waals surface area contributed by atoms with Gasteiger partial charge in [-0.05, 0) is 57.3 Å². The highest BCUT2D eigenvalue weighted by atomic mass is 127. The average Bonchev–Trinajstić information content (AvgIpc) is 2.74. The zero-order valence-corrected chi connectivity index (χ0v) is 21.5. The van der Waals surface area contributed by atoms with E-state index in [4.69, 9.17) is 14.5 Å². The normalized spacial score (nSPS) is 17.3. The smallest absolute Gasteiger partial charge is 0.191 e. The number of guanidine groups is 1. The summed E-state index contributed by atoms with van der Waals surface area (Å²) in [4.78, 5) is 7.36. The minimum absolute atomic E-state index is 0. The van der Waals surface area contributed by atoms with Crippen LogP contribution in [0.4, 0.5) is 0 Å². The number of rotatable bonds is 11. The lowest BCUT2D eigenvalue weighted by molar-refractivity contribution is 0.172. The van der Waals surface area contributed by atoms with Gasteiger partial charge in [-0.15, -0.1) is 24.0 Å². The molecule has 1 atom stereocenters. The van der Waals surface area contributed by atoms with Crippen LogP contribution >= 0.6 is 24.0 Å². The second kappa shape index (κ2) is 15.7. The van der Waals surface area contributed by atoms with Crippen LogP contribution in [-0.2, 0) is 11.3 Å². The lowest BCUT2D eigenvalue weighted by atomic mass is 9.98. The SMILES string of the molecule is CCNC(=NCc1ccc(C)cc1OCCCOC)NCC1CCCN(CC)C1.I. The van der Waals surface area contributed by atoms with Crippen LogP contribution in [0, 0.1) is 12.8 Å². The van der Waals surface area contributed by atoms with Crippen molar-refractivity contribution in [2.75, 3.05) is 53.0 Å². The number of benzene rings is 1. The highest BCUT2D eigenvalue weighted by Crippen LogP contribution is 2.21. The molecule has 1 saturated heterocycles. The second-order valence-corrected chi connectivity index (χ2v) is 7.78. The zero-order chi connectivity index (χ0) is 20.9. The van der Waals surface area contributed by atoms with Crippen molar-refractivity contribution in [3.05, 3.63) is 29.3 Å². The third-order valence-corrected chi connectivity index (χ3v) is 5.33.